The van der Waals surface area contributed by atoms with Crippen LogP contribution in [0.2, 0.25) is 0 Å². The molecule has 0 aliphatic rings. The van der Waals surface area contributed by atoms with Crippen LogP contribution in [-0.4, -0.2) is 34.6 Å². The van der Waals surface area contributed by atoms with E-state index in [4.69, 9.17) is 19.0 Å². The Kier molecular flexibility index (Phi) is 5.68. The monoisotopic (exact) mass is 383 g/mol. The van der Waals surface area contributed by atoms with Crippen molar-refractivity contribution in [1.29, 1.82) is 0 Å². The zero-order valence-corrected chi connectivity index (χ0v) is 15.1. The second kappa shape index (κ2) is 7.58. The summed E-state index contributed by atoms with van der Waals surface area (Å²) in [5.74, 6) is -1.19. The lowest BCUT2D eigenvalue weighted by Gasteiger charge is -2.09. The Labute approximate surface area is 149 Å². The third kappa shape index (κ3) is 4.21. The molecule has 0 spiro atoms. The summed E-state index contributed by atoms with van der Waals surface area (Å²) in [4.78, 5) is 23.3. The minimum Gasteiger partial charge on any atom is -0.495 e. The fourth-order valence-electron chi connectivity index (χ4n) is 2.16. The van der Waals surface area contributed by atoms with Gasteiger partial charge in [-0.05, 0) is 31.2 Å². The second-order valence-corrected chi connectivity index (χ2v) is 6.73. The maximum atomic E-state index is 12.1. The molecule has 0 amide bonds. The fourth-order valence-corrected chi connectivity index (χ4v) is 2.88. The molecule has 0 fully saturated rings. The Morgan fingerprint density at radius 2 is 1.85 bits per heavy atom. The molecule has 140 valence electrons. The van der Waals surface area contributed by atoms with Crippen molar-refractivity contribution in [3.05, 3.63) is 46.9 Å². The van der Waals surface area contributed by atoms with Crippen LogP contribution in [0.3, 0.4) is 0 Å². The lowest BCUT2D eigenvalue weighted by atomic mass is 10.2. The Morgan fingerprint density at radius 1 is 1.15 bits per heavy atom. The van der Waals surface area contributed by atoms with E-state index in [1.807, 2.05) is 0 Å². The first-order valence-electron chi connectivity index (χ1n) is 7.23. The van der Waals surface area contributed by atoms with Gasteiger partial charge in [-0.2, -0.15) is 0 Å². The molecule has 2 aromatic rings. The van der Waals surface area contributed by atoms with Crippen LogP contribution in [0, 0.1) is 6.92 Å². The van der Waals surface area contributed by atoms with Crippen molar-refractivity contribution >= 4 is 22.0 Å². The van der Waals surface area contributed by atoms with E-state index >= 15 is 0 Å². The van der Waals surface area contributed by atoms with Crippen molar-refractivity contribution in [2.75, 3.05) is 14.2 Å². The summed E-state index contributed by atoms with van der Waals surface area (Å²) in [6.07, 6.45) is 0. The van der Waals surface area contributed by atoms with Gasteiger partial charge in [0.15, 0.2) is 0 Å². The fraction of sp³-hybridized carbons (Fsp3) is 0.250. The number of methoxy groups -OCH3 is 2. The van der Waals surface area contributed by atoms with Gasteiger partial charge in [0, 0.05) is 5.56 Å². The molecule has 0 saturated carbocycles. The van der Waals surface area contributed by atoms with Crippen LogP contribution in [0.25, 0.3) is 0 Å². The van der Waals surface area contributed by atoms with E-state index in [2.05, 4.69) is 4.74 Å². The molecule has 9 nitrogen and oxygen atoms in total. The van der Waals surface area contributed by atoms with Crippen LogP contribution in [0.1, 0.15) is 32.2 Å². The quantitative estimate of drug-likeness (QED) is 0.739. The molecule has 0 radical (unpaired) electrons. The Morgan fingerprint density at radius 3 is 2.42 bits per heavy atom. The molecule has 1 aromatic carbocycles. The van der Waals surface area contributed by atoms with E-state index in [9.17, 15) is 18.0 Å². The zero-order valence-electron chi connectivity index (χ0n) is 14.3. The van der Waals surface area contributed by atoms with Gasteiger partial charge >= 0.3 is 11.9 Å². The highest BCUT2D eigenvalue weighted by molar-refractivity contribution is 7.89. The highest BCUT2D eigenvalue weighted by atomic mass is 32.2. The highest BCUT2D eigenvalue weighted by Gasteiger charge is 2.20. The Hall–Kier alpha value is -2.85. The third-order valence-corrected chi connectivity index (χ3v) is 4.32. The Balaban J connectivity index is 2.17. The first kappa shape index (κ1) is 19.5. The number of carbonyl (C=O) groups excluding carboxylic acids is 2. The van der Waals surface area contributed by atoms with Crippen LogP contribution >= 0.6 is 0 Å². The molecule has 0 atom stereocenters. The number of furan rings is 1. The van der Waals surface area contributed by atoms with Crippen molar-refractivity contribution in [3.8, 4) is 5.75 Å². The number of rotatable bonds is 6. The van der Waals surface area contributed by atoms with Crippen molar-refractivity contribution in [3.63, 3.8) is 0 Å². The summed E-state index contributed by atoms with van der Waals surface area (Å²) in [6, 6.07) is 5.22. The molecule has 2 rings (SSSR count). The maximum Gasteiger partial charge on any atom is 0.374 e. The van der Waals surface area contributed by atoms with E-state index < -0.39 is 22.0 Å². The first-order valence-corrected chi connectivity index (χ1v) is 8.77. The molecule has 0 aliphatic carbocycles. The summed E-state index contributed by atoms with van der Waals surface area (Å²) in [6.45, 7) is 1.39. The van der Waals surface area contributed by atoms with Crippen LogP contribution in [0.4, 0.5) is 0 Å². The SMILES string of the molecule is COC(=O)c1oc(COC(=O)c2ccc(OC)c(S(N)(=O)=O)c2)cc1C. The number of sulfonamides is 1. The topological polar surface area (TPSA) is 135 Å². The average molecular weight is 383 g/mol. The largest absolute Gasteiger partial charge is 0.495 e. The number of carbonyl (C=O) groups is 2. The second-order valence-electron chi connectivity index (χ2n) is 5.20. The number of esters is 2. The highest BCUT2D eigenvalue weighted by Crippen LogP contribution is 2.24. The minimum absolute atomic E-state index is 0.00780. The molecule has 10 heteroatoms. The summed E-state index contributed by atoms with van der Waals surface area (Å²) >= 11 is 0. The number of hydrogen-bond acceptors (Lipinski definition) is 8. The maximum absolute atomic E-state index is 12.1. The van der Waals surface area contributed by atoms with Gasteiger partial charge in [0.05, 0.1) is 19.8 Å². The molecule has 2 N–H and O–H groups in total. The van der Waals surface area contributed by atoms with Crippen molar-refractivity contribution in [1.82, 2.24) is 0 Å². The van der Waals surface area contributed by atoms with Gasteiger partial charge < -0.3 is 18.6 Å². The smallest absolute Gasteiger partial charge is 0.374 e. The molecule has 0 saturated heterocycles. The number of ether oxygens (including phenoxy) is 3. The van der Waals surface area contributed by atoms with Gasteiger partial charge in [0.2, 0.25) is 15.8 Å². The van der Waals surface area contributed by atoms with Gasteiger partial charge in [-0.25, -0.2) is 23.1 Å². The normalized spacial score (nSPS) is 11.1. The Bertz CT molecular complexity index is 945. The van der Waals surface area contributed by atoms with Crippen LogP contribution < -0.4 is 9.88 Å². The van der Waals surface area contributed by atoms with E-state index in [0.717, 1.165) is 6.07 Å². The van der Waals surface area contributed by atoms with Crippen LogP contribution in [0.5, 0.6) is 5.75 Å². The van der Waals surface area contributed by atoms with Crippen LogP contribution in [0.15, 0.2) is 33.6 Å². The summed E-state index contributed by atoms with van der Waals surface area (Å²) < 4.78 is 43.0. The summed E-state index contributed by atoms with van der Waals surface area (Å²) in [7, 11) is -1.59. The number of hydrogen-bond donors (Lipinski definition) is 1. The number of benzene rings is 1. The molecular formula is C16H17NO8S. The molecule has 0 unspecified atom stereocenters. The molecule has 1 aromatic heterocycles. The van der Waals surface area contributed by atoms with Gasteiger partial charge in [0.25, 0.3) is 0 Å². The third-order valence-electron chi connectivity index (χ3n) is 3.39. The standard InChI is InChI=1S/C16H17NO8S/c1-9-6-11(25-14(9)16(19)23-3)8-24-15(18)10-4-5-12(22-2)13(7-10)26(17,20)21/h4-7H,8H2,1-3H3,(H2,17,20,21). The molecular weight excluding hydrogens is 366 g/mol. The van der Waals surface area contributed by atoms with Gasteiger partial charge in [-0.15, -0.1) is 0 Å². The van der Waals surface area contributed by atoms with E-state index in [0.29, 0.717) is 5.56 Å². The molecule has 0 bridgehead atoms. The zero-order chi connectivity index (χ0) is 19.5. The van der Waals surface area contributed by atoms with E-state index in [1.165, 1.54) is 32.4 Å². The molecule has 0 aliphatic heterocycles. The van der Waals surface area contributed by atoms with E-state index in [1.54, 1.807) is 6.92 Å². The van der Waals surface area contributed by atoms with Crippen molar-refractivity contribution in [2.24, 2.45) is 5.14 Å². The van der Waals surface area contributed by atoms with Gasteiger partial charge in [0.1, 0.15) is 23.0 Å². The van der Waals surface area contributed by atoms with Gasteiger partial charge in [-0.1, -0.05) is 0 Å². The number of primary sulfonamides is 1. The van der Waals surface area contributed by atoms with Crippen LogP contribution in [-0.2, 0) is 26.1 Å². The number of aryl methyl sites for hydroxylation is 1. The van der Waals surface area contributed by atoms with Gasteiger partial charge in [-0.3, -0.25) is 0 Å². The first-order chi connectivity index (χ1) is 12.2. The minimum atomic E-state index is -4.09. The lowest BCUT2D eigenvalue weighted by Crippen LogP contribution is -2.15. The summed E-state index contributed by atoms with van der Waals surface area (Å²) in [5, 5.41) is 5.11. The lowest BCUT2D eigenvalue weighted by molar-refractivity contribution is 0.0438. The molecule has 1 heterocycles. The number of nitrogens with two attached hydrogens (primary N) is 1. The predicted octanol–water partition coefficient (Wildman–Crippen LogP) is 1.39. The molecule has 26 heavy (non-hydrogen) atoms. The van der Waals surface area contributed by atoms with E-state index in [-0.39, 0.29) is 34.3 Å². The average Bonchev–Trinajstić information content (AvgIpc) is 2.98. The predicted molar refractivity (Wildman–Crippen MR) is 88.3 cm³/mol. The van der Waals surface area contributed by atoms with Crippen molar-refractivity contribution < 1.29 is 36.6 Å². The summed E-state index contributed by atoms with van der Waals surface area (Å²) in [5.41, 5.74) is 0.496. The van der Waals surface area contributed by atoms with Crippen molar-refractivity contribution in [2.45, 2.75) is 18.4 Å².